The maximum absolute atomic E-state index is 12.9. The number of hydrogen-bond donors (Lipinski definition) is 0. The zero-order valence-corrected chi connectivity index (χ0v) is 19.8. The van der Waals surface area contributed by atoms with E-state index in [1.165, 1.54) is 12.1 Å². The summed E-state index contributed by atoms with van der Waals surface area (Å²) in [5.74, 6) is -0.198. The van der Waals surface area contributed by atoms with Gasteiger partial charge in [0.05, 0.1) is 23.2 Å². The van der Waals surface area contributed by atoms with Crippen molar-refractivity contribution < 1.29 is 24.0 Å². The Morgan fingerprint density at radius 2 is 1.78 bits per heavy atom. The number of para-hydroxylation sites is 1. The maximum atomic E-state index is 12.9. The maximum Gasteiger partial charge on any atom is 0.270 e. The predicted molar refractivity (Wildman–Crippen MR) is 130 cm³/mol. The van der Waals surface area contributed by atoms with Crippen LogP contribution in [0.1, 0.15) is 26.3 Å². The average Bonchev–Trinajstić information content (AvgIpc) is 3.12. The molecule has 2 aromatic carbocycles. The molecule has 0 N–H and O–H groups in total. The smallest absolute Gasteiger partial charge is 0.270 e. The van der Waals surface area contributed by atoms with Gasteiger partial charge in [-0.3, -0.25) is 29.4 Å². The number of fused-ring (bicyclic) bond motifs is 2. The first kappa shape index (κ1) is 23.2. The topological polar surface area (TPSA) is 126 Å². The van der Waals surface area contributed by atoms with E-state index >= 15 is 0 Å². The molecule has 184 valence electrons. The summed E-state index contributed by atoms with van der Waals surface area (Å²) < 4.78 is 5.47. The summed E-state index contributed by atoms with van der Waals surface area (Å²) in [6.07, 6.45) is 0. The lowest BCUT2D eigenvalue weighted by atomic mass is 10.1. The number of rotatable bonds is 5. The fourth-order valence-corrected chi connectivity index (χ4v) is 4.66. The highest BCUT2D eigenvalue weighted by atomic mass is 16.6. The van der Waals surface area contributed by atoms with Crippen molar-refractivity contribution in [3.05, 3.63) is 69.3 Å². The number of ether oxygens (including phenoxy) is 1. The molecule has 2 aliphatic heterocycles. The lowest BCUT2D eigenvalue weighted by Crippen LogP contribution is -2.52. The molecule has 0 bridgehead atoms. The molecule has 0 saturated carbocycles. The van der Waals surface area contributed by atoms with Crippen LogP contribution in [0, 0.1) is 17.0 Å². The Morgan fingerprint density at radius 1 is 1.06 bits per heavy atom. The number of carbonyl (C=O) groups excluding carboxylic acids is 3. The number of piperazine rings is 1. The van der Waals surface area contributed by atoms with Gasteiger partial charge in [0, 0.05) is 43.7 Å². The van der Waals surface area contributed by atoms with Crippen LogP contribution in [-0.4, -0.2) is 77.3 Å². The molecule has 3 heterocycles. The number of hydrogen-bond acceptors (Lipinski definition) is 8. The SMILES string of the molecule is COc1cccc2c(C)cc(N3CCN(C(=O)CN4C(=O)c5ccc([N+](=O)[O-])cc5C4=O)CC3)nc12. The molecule has 1 saturated heterocycles. The van der Waals surface area contributed by atoms with Crippen LogP contribution >= 0.6 is 0 Å². The summed E-state index contributed by atoms with van der Waals surface area (Å²) in [6, 6.07) is 11.3. The molecule has 11 nitrogen and oxygen atoms in total. The fraction of sp³-hybridized carbons (Fsp3) is 0.280. The Labute approximate surface area is 206 Å². The standard InChI is InChI=1S/C25H23N5O6/c1-15-12-21(26-23-17(15)4-3-5-20(23)36-2)27-8-10-28(11-9-27)22(31)14-29-24(32)18-7-6-16(30(34)35)13-19(18)25(29)33/h3-7,12-13H,8-11,14H2,1-2H3. The molecule has 3 aromatic rings. The minimum atomic E-state index is -0.699. The number of aromatic nitrogens is 1. The molecular weight excluding hydrogens is 466 g/mol. The Kier molecular flexibility index (Phi) is 5.75. The molecule has 36 heavy (non-hydrogen) atoms. The van der Waals surface area contributed by atoms with Gasteiger partial charge in [-0.1, -0.05) is 12.1 Å². The Morgan fingerprint density at radius 3 is 2.47 bits per heavy atom. The first-order valence-corrected chi connectivity index (χ1v) is 11.4. The van der Waals surface area contributed by atoms with E-state index in [9.17, 15) is 24.5 Å². The van der Waals surface area contributed by atoms with Crippen LogP contribution < -0.4 is 9.64 Å². The van der Waals surface area contributed by atoms with Gasteiger partial charge in [0.2, 0.25) is 5.91 Å². The number of imide groups is 1. The highest BCUT2D eigenvalue weighted by Gasteiger charge is 2.38. The number of anilines is 1. The lowest BCUT2D eigenvalue weighted by molar-refractivity contribution is -0.384. The second-order valence-corrected chi connectivity index (χ2v) is 8.71. The largest absolute Gasteiger partial charge is 0.494 e. The van der Waals surface area contributed by atoms with E-state index in [0.29, 0.717) is 31.9 Å². The zero-order chi connectivity index (χ0) is 25.6. The van der Waals surface area contributed by atoms with Crippen molar-refractivity contribution in [3.8, 4) is 5.75 Å². The summed E-state index contributed by atoms with van der Waals surface area (Å²) in [7, 11) is 1.61. The van der Waals surface area contributed by atoms with Gasteiger partial charge in [-0.2, -0.15) is 0 Å². The third-order valence-corrected chi connectivity index (χ3v) is 6.63. The molecule has 3 amide bonds. The van der Waals surface area contributed by atoms with Gasteiger partial charge in [-0.05, 0) is 30.7 Å². The van der Waals surface area contributed by atoms with E-state index in [0.717, 1.165) is 33.3 Å². The number of amides is 3. The van der Waals surface area contributed by atoms with Crippen LogP contribution in [0.5, 0.6) is 5.75 Å². The molecule has 0 spiro atoms. The number of non-ortho nitro benzene ring substituents is 1. The van der Waals surface area contributed by atoms with Crippen LogP contribution in [0.15, 0.2) is 42.5 Å². The van der Waals surface area contributed by atoms with E-state index < -0.39 is 23.3 Å². The summed E-state index contributed by atoms with van der Waals surface area (Å²) in [5, 5.41) is 12.0. The Hall–Kier alpha value is -4.54. The summed E-state index contributed by atoms with van der Waals surface area (Å²) in [6.45, 7) is 3.48. The van der Waals surface area contributed by atoms with Crippen molar-refractivity contribution in [2.75, 3.05) is 44.7 Å². The van der Waals surface area contributed by atoms with Gasteiger partial charge in [0.25, 0.3) is 17.5 Å². The first-order chi connectivity index (χ1) is 17.3. The van der Waals surface area contributed by atoms with E-state index in [2.05, 4.69) is 4.90 Å². The number of nitro groups is 1. The van der Waals surface area contributed by atoms with E-state index in [1.807, 2.05) is 31.2 Å². The number of nitro benzene ring substituents is 1. The summed E-state index contributed by atoms with van der Waals surface area (Å²) in [5.41, 5.74) is 1.57. The number of carbonyl (C=O) groups is 3. The minimum Gasteiger partial charge on any atom is -0.494 e. The highest BCUT2D eigenvalue weighted by Crippen LogP contribution is 2.30. The van der Waals surface area contributed by atoms with Crippen molar-refractivity contribution in [3.63, 3.8) is 0 Å². The summed E-state index contributed by atoms with van der Waals surface area (Å²) >= 11 is 0. The first-order valence-electron chi connectivity index (χ1n) is 11.4. The molecule has 11 heteroatoms. The third-order valence-electron chi connectivity index (χ3n) is 6.63. The minimum absolute atomic E-state index is 0.0556. The molecule has 0 unspecified atom stereocenters. The fourth-order valence-electron chi connectivity index (χ4n) is 4.66. The number of nitrogens with zero attached hydrogens (tertiary/aromatic N) is 5. The van der Waals surface area contributed by atoms with Crippen LogP contribution in [0.25, 0.3) is 10.9 Å². The monoisotopic (exact) mass is 489 g/mol. The third kappa shape index (κ3) is 3.88. The van der Waals surface area contributed by atoms with Gasteiger partial charge < -0.3 is 14.5 Å². The highest BCUT2D eigenvalue weighted by molar-refractivity contribution is 6.22. The molecule has 0 aliphatic carbocycles. The van der Waals surface area contributed by atoms with Gasteiger partial charge in [-0.15, -0.1) is 0 Å². The molecule has 1 fully saturated rings. The van der Waals surface area contributed by atoms with E-state index in [1.54, 1.807) is 12.0 Å². The Bertz CT molecular complexity index is 1430. The van der Waals surface area contributed by atoms with Crippen LogP contribution in [0.4, 0.5) is 11.5 Å². The van der Waals surface area contributed by atoms with E-state index in [-0.39, 0.29) is 22.7 Å². The quantitative estimate of drug-likeness (QED) is 0.304. The summed E-state index contributed by atoms with van der Waals surface area (Å²) in [4.78, 5) is 58.1. The van der Waals surface area contributed by atoms with Crippen molar-refractivity contribution in [2.45, 2.75) is 6.92 Å². The van der Waals surface area contributed by atoms with Gasteiger partial charge in [0.1, 0.15) is 23.6 Å². The second kappa shape index (κ2) is 8.91. The molecule has 1 aromatic heterocycles. The second-order valence-electron chi connectivity index (χ2n) is 8.71. The van der Waals surface area contributed by atoms with Crippen molar-refractivity contribution in [2.24, 2.45) is 0 Å². The van der Waals surface area contributed by atoms with Crippen LogP contribution in [0.3, 0.4) is 0 Å². The predicted octanol–water partition coefficient (Wildman–Crippen LogP) is 2.40. The lowest BCUT2D eigenvalue weighted by Gasteiger charge is -2.36. The van der Waals surface area contributed by atoms with Crippen molar-refractivity contribution in [1.82, 2.24) is 14.8 Å². The van der Waals surface area contributed by atoms with Crippen LogP contribution in [0.2, 0.25) is 0 Å². The molecule has 5 rings (SSSR count). The van der Waals surface area contributed by atoms with Crippen molar-refractivity contribution >= 4 is 40.1 Å². The van der Waals surface area contributed by atoms with Crippen LogP contribution in [-0.2, 0) is 4.79 Å². The van der Waals surface area contributed by atoms with E-state index in [4.69, 9.17) is 9.72 Å². The average molecular weight is 489 g/mol. The number of methoxy groups -OCH3 is 1. The molecule has 0 radical (unpaired) electrons. The molecule has 2 aliphatic rings. The Balaban J connectivity index is 1.26. The molecule has 0 atom stereocenters. The van der Waals surface area contributed by atoms with Crippen molar-refractivity contribution in [1.29, 1.82) is 0 Å². The van der Waals surface area contributed by atoms with Gasteiger partial charge >= 0.3 is 0 Å². The normalized spacial score (nSPS) is 15.4. The molecular formula is C25H23N5O6. The zero-order valence-electron chi connectivity index (χ0n) is 19.8. The van der Waals surface area contributed by atoms with Gasteiger partial charge in [-0.25, -0.2) is 4.98 Å². The van der Waals surface area contributed by atoms with Gasteiger partial charge in [0.15, 0.2) is 0 Å². The number of benzene rings is 2. The number of aryl methyl sites for hydroxylation is 1. The number of pyridine rings is 1.